The summed E-state index contributed by atoms with van der Waals surface area (Å²) in [7, 11) is 3.27. The Morgan fingerprint density at radius 3 is 2.23 bits per heavy atom. The van der Waals surface area contributed by atoms with Gasteiger partial charge in [0.25, 0.3) is 5.91 Å². The van der Waals surface area contributed by atoms with Gasteiger partial charge < -0.3 is 19.1 Å². The molecule has 4 rings (SSSR count). The van der Waals surface area contributed by atoms with E-state index in [1.807, 2.05) is 71.6 Å². The van der Waals surface area contributed by atoms with E-state index in [1.165, 1.54) is 0 Å². The summed E-state index contributed by atoms with van der Waals surface area (Å²) in [6.07, 6.45) is -0.126. The minimum Gasteiger partial charge on any atom is -0.497 e. The third kappa shape index (κ3) is 6.75. The van der Waals surface area contributed by atoms with Gasteiger partial charge in [0, 0.05) is 43.3 Å². The average Bonchev–Trinajstić information content (AvgIpc) is 2.91. The molecule has 1 heterocycles. The Morgan fingerprint density at radius 1 is 0.886 bits per heavy atom. The molecule has 1 fully saturated rings. The van der Waals surface area contributed by atoms with Crippen LogP contribution >= 0.6 is 11.6 Å². The monoisotopic (exact) mass is 494 g/mol. The van der Waals surface area contributed by atoms with E-state index in [0.29, 0.717) is 36.0 Å². The van der Waals surface area contributed by atoms with Gasteiger partial charge in [-0.05, 0) is 53.6 Å². The Kier molecular flexibility index (Phi) is 8.64. The Balaban J connectivity index is 1.39. The molecule has 1 aliphatic heterocycles. The number of halogens is 1. The Morgan fingerprint density at radius 2 is 1.54 bits per heavy atom. The molecule has 0 saturated carbocycles. The molecule has 0 N–H and O–H groups in total. The minimum absolute atomic E-state index is 0.0343. The van der Waals surface area contributed by atoms with Crippen molar-refractivity contribution >= 4 is 17.5 Å². The molecule has 1 unspecified atom stereocenters. The zero-order chi connectivity index (χ0) is 24.6. The number of ether oxygens (including phenoxy) is 3. The lowest BCUT2D eigenvalue weighted by Gasteiger charge is -2.36. The molecule has 3 aromatic carbocycles. The normalized spacial score (nSPS) is 15.0. The van der Waals surface area contributed by atoms with Gasteiger partial charge in [0.2, 0.25) is 0 Å². The van der Waals surface area contributed by atoms with Crippen LogP contribution in [0.5, 0.6) is 11.5 Å². The second-order valence-corrected chi connectivity index (χ2v) is 8.96. The lowest BCUT2D eigenvalue weighted by atomic mass is 10.1. The summed E-state index contributed by atoms with van der Waals surface area (Å²) in [5, 5.41) is 0.699. The van der Waals surface area contributed by atoms with Crippen LogP contribution in [-0.4, -0.2) is 62.7 Å². The van der Waals surface area contributed by atoms with E-state index in [4.69, 9.17) is 25.8 Å². The van der Waals surface area contributed by atoms with E-state index < -0.39 is 0 Å². The number of hydrogen-bond donors (Lipinski definition) is 0. The molecule has 7 heteroatoms. The average molecular weight is 495 g/mol. The number of rotatable bonds is 9. The molecule has 6 nitrogen and oxygen atoms in total. The number of amides is 1. The third-order valence-electron chi connectivity index (χ3n) is 6.23. The highest BCUT2D eigenvalue weighted by atomic mass is 35.5. The van der Waals surface area contributed by atoms with Crippen LogP contribution < -0.4 is 9.47 Å². The van der Waals surface area contributed by atoms with Crippen LogP contribution in [0, 0.1) is 0 Å². The van der Waals surface area contributed by atoms with Crippen LogP contribution in [0.1, 0.15) is 27.6 Å². The molecule has 0 radical (unpaired) electrons. The first kappa shape index (κ1) is 25.0. The molecule has 1 aliphatic rings. The summed E-state index contributed by atoms with van der Waals surface area (Å²) in [6, 6.07) is 23.0. The van der Waals surface area contributed by atoms with Crippen LogP contribution in [0.2, 0.25) is 5.02 Å². The fourth-order valence-electron chi connectivity index (χ4n) is 4.20. The van der Waals surface area contributed by atoms with E-state index >= 15 is 0 Å². The van der Waals surface area contributed by atoms with Crippen LogP contribution in [0.15, 0.2) is 72.8 Å². The fraction of sp³-hybridized carbons (Fsp3) is 0.321. The number of piperazine rings is 1. The highest BCUT2D eigenvalue weighted by Crippen LogP contribution is 2.24. The van der Waals surface area contributed by atoms with E-state index in [2.05, 4.69) is 4.90 Å². The molecular weight excluding hydrogens is 464 g/mol. The van der Waals surface area contributed by atoms with Crippen molar-refractivity contribution in [2.24, 2.45) is 0 Å². The maximum Gasteiger partial charge on any atom is 0.254 e. The van der Waals surface area contributed by atoms with Crippen molar-refractivity contribution in [2.45, 2.75) is 12.7 Å². The van der Waals surface area contributed by atoms with Crippen molar-refractivity contribution in [3.05, 3.63) is 94.5 Å². The van der Waals surface area contributed by atoms with E-state index in [-0.39, 0.29) is 12.0 Å². The summed E-state index contributed by atoms with van der Waals surface area (Å²) in [5.41, 5.74) is 2.78. The number of methoxy groups -OCH3 is 2. The lowest BCUT2D eigenvalue weighted by molar-refractivity contribution is 0.00337. The van der Waals surface area contributed by atoms with Gasteiger partial charge in [-0.25, -0.2) is 0 Å². The van der Waals surface area contributed by atoms with Gasteiger partial charge in [0.1, 0.15) is 11.5 Å². The highest BCUT2D eigenvalue weighted by molar-refractivity contribution is 6.30. The molecule has 0 bridgehead atoms. The molecule has 0 aromatic heterocycles. The first-order valence-corrected chi connectivity index (χ1v) is 12.1. The number of nitrogens with zero attached hydrogens (tertiary/aromatic N) is 2. The SMILES string of the molecule is COc1cccc(COC(CN2CCN(C(=O)c3cccc(OC)c3)CC2)c2ccc(Cl)cc2)c1. The quantitative estimate of drug-likeness (QED) is 0.415. The Bertz CT molecular complexity index is 1110. The largest absolute Gasteiger partial charge is 0.497 e. The van der Waals surface area contributed by atoms with Crippen LogP contribution in [0.3, 0.4) is 0 Å². The van der Waals surface area contributed by atoms with Crippen molar-refractivity contribution in [3.8, 4) is 11.5 Å². The number of hydrogen-bond acceptors (Lipinski definition) is 5. The molecule has 1 amide bonds. The van der Waals surface area contributed by atoms with Gasteiger partial charge in [-0.1, -0.05) is 41.9 Å². The molecule has 0 spiro atoms. The van der Waals surface area contributed by atoms with Crippen molar-refractivity contribution in [1.82, 2.24) is 9.80 Å². The smallest absolute Gasteiger partial charge is 0.254 e. The van der Waals surface area contributed by atoms with Gasteiger partial charge in [-0.15, -0.1) is 0 Å². The zero-order valence-electron chi connectivity index (χ0n) is 20.2. The number of benzene rings is 3. The van der Waals surface area contributed by atoms with Crippen molar-refractivity contribution in [2.75, 3.05) is 46.9 Å². The van der Waals surface area contributed by atoms with Crippen molar-refractivity contribution < 1.29 is 19.0 Å². The maximum absolute atomic E-state index is 13.0. The van der Waals surface area contributed by atoms with Crippen LogP contribution in [-0.2, 0) is 11.3 Å². The predicted molar refractivity (Wildman–Crippen MR) is 137 cm³/mol. The molecule has 184 valence electrons. The van der Waals surface area contributed by atoms with E-state index in [9.17, 15) is 4.79 Å². The molecule has 3 aromatic rings. The van der Waals surface area contributed by atoms with Gasteiger partial charge in [0.05, 0.1) is 26.9 Å². The molecule has 1 saturated heterocycles. The maximum atomic E-state index is 13.0. The predicted octanol–water partition coefficient (Wildman–Crippen LogP) is 5.07. The molecule has 1 atom stereocenters. The Labute approximate surface area is 212 Å². The lowest BCUT2D eigenvalue weighted by Crippen LogP contribution is -2.49. The topological polar surface area (TPSA) is 51.2 Å². The van der Waals surface area contributed by atoms with Gasteiger partial charge in [-0.2, -0.15) is 0 Å². The highest BCUT2D eigenvalue weighted by Gasteiger charge is 2.25. The van der Waals surface area contributed by atoms with Crippen molar-refractivity contribution in [1.29, 1.82) is 0 Å². The summed E-state index contributed by atoms with van der Waals surface area (Å²) >= 11 is 6.12. The molecular formula is C28H31ClN2O4. The second-order valence-electron chi connectivity index (χ2n) is 8.53. The summed E-state index contributed by atoms with van der Waals surface area (Å²) in [5.74, 6) is 1.53. The van der Waals surface area contributed by atoms with Gasteiger partial charge >= 0.3 is 0 Å². The van der Waals surface area contributed by atoms with Crippen LogP contribution in [0.4, 0.5) is 0 Å². The standard InChI is InChI=1S/C28H31ClN2O4/c1-33-25-7-3-5-21(17-25)20-35-27(22-9-11-24(29)12-10-22)19-30-13-15-31(16-14-30)28(32)23-6-4-8-26(18-23)34-2/h3-12,17-18,27H,13-16,19-20H2,1-2H3. The van der Waals surface area contributed by atoms with Crippen molar-refractivity contribution in [3.63, 3.8) is 0 Å². The second kappa shape index (κ2) is 12.1. The number of carbonyl (C=O) groups excluding carboxylic acids is 1. The molecule has 0 aliphatic carbocycles. The van der Waals surface area contributed by atoms with Crippen LogP contribution in [0.25, 0.3) is 0 Å². The summed E-state index contributed by atoms with van der Waals surface area (Å²) < 4.78 is 17.0. The minimum atomic E-state index is -0.126. The fourth-order valence-corrected chi connectivity index (χ4v) is 4.32. The van der Waals surface area contributed by atoms with E-state index in [1.54, 1.807) is 20.3 Å². The molecule has 35 heavy (non-hydrogen) atoms. The van der Waals surface area contributed by atoms with Gasteiger partial charge in [0.15, 0.2) is 0 Å². The zero-order valence-corrected chi connectivity index (χ0v) is 20.9. The summed E-state index contributed by atoms with van der Waals surface area (Å²) in [4.78, 5) is 17.2. The number of carbonyl (C=O) groups is 1. The van der Waals surface area contributed by atoms with E-state index in [0.717, 1.165) is 36.5 Å². The third-order valence-corrected chi connectivity index (χ3v) is 6.48. The van der Waals surface area contributed by atoms with Gasteiger partial charge in [-0.3, -0.25) is 9.69 Å². The summed E-state index contributed by atoms with van der Waals surface area (Å²) in [6.45, 7) is 4.09. The first-order valence-electron chi connectivity index (χ1n) is 11.7. The first-order chi connectivity index (χ1) is 17.1. The Hall–Kier alpha value is -3.06.